The van der Waals surface area contributed by atoms with E-state index in [2.05, 4.69) is 5.32 Å². The molecule has 88 valence electrons. The fourth-order valence-corrected chi connectivity index (χ4v) is 1.48. The second kappa shape index (κ2) is 4.80. The lowest BCUT2D eigenvalue weighted by atomic mass is 10.1. The summed E-state index contributed by atoms with van der Waals surface area (Å²) in [5, 5.41) is 12.5. The molecule has 1 aromatic carbocycles. The summed E-state index contributed by atoms with van der Waals surface area (Å²) in [5.41, 5.74) is -1.18. The number of amides is 1. The maximum atomic E-state index is 11.5. The summed E-state index contributed by atoms with van der Waals surface area (Å²) in [6.45, 7) is 2.74. The molecule has 0 aliphatic carbocycles. The molecule has 0 spiro atoms. The van der Waals surface area contributed by atoms with E-state index in [0.29, 0.717) is 10.7 Å². The summed E-state index contributed by atoms with van der Waals surface area (Å²) in [5.74, 6) is -0.576. The normalized spacial score (nSPS) is 11.4. The van der Waals surface area contributed by atoms with E-state index in [1.54, 1.807) is 0 Å². The molecule has 1 rings (SSSR count). The highest BCUT2D eigenvalue weighted by molar-refractivity contribution is 6.49. The van der Waals surface area contributed by atoms with Crippen LogP contribution in [0.2, 0.25) is 15.1 Å². The van der Waals surface area contributed by atoms with Gasteiger partial charge in [-0.05, 0) is 26.0 Å². The van der Waals surface area contributed by atoms with E-state index in [1.807, 2.05) is 0 Å². The van der Waals surface area contributed by atoms with Crippen molar-refractivity contribution < 1.29 is 9.90 Å². The van der Waals surface area contributed by atoms with Crippen LogP contribution in [0.5, 0.6) is 0 Å². The van der Waals surface area contributed by atoms with Gasteiger partial charge in [-0.15, -0.1) is 0 Å². The Bertz CT molecular complexity index is 427. The molecule has 6 heteroatoms. The summed E-state index contributed by atoms with van der Waals surface area (Å²) < 4.78 is 0. The van der Waals surface area contributed by atoms with Gasteiger partial charge in [-0.2, -0.15) is 0 Å². The summed E-state index contributed by atoms with van der Waals surface area (Å²) in [4.78, 5) is 11.5. The number of aliphatic hydroxyl groups is 1. The third-order valence-corrected chi connectivity index (χ3v) is 3.13. The topological polar surface area (TPSA) is 49.3 Å². The van der Waals surface area contributed by atoms with Gasteiger partial charge in [0.25, 0.3) is 5.91 Å². The zero-order valence-electron chi connectivity index (χ0n) is 8.64. The van der Waals surface area contributed by atoms with Gasteiger partial charge in [-0.1, -0.05) is 34.8 Å². The molecule has 0 saturated heterocycles. The predicted molar refractivity (Wildman–Crippen MR) is 66.4 cm³/mol. The first-order valence-electron chi connectivity index (χ1n) is 4.41. The Morgan fingerprint density at radius 3 is 2.31 bits per heavy atom. The maximum absolute atomic E-state index is 11.5. The molecule has 0 saturated carbocycles. The van der Waals surface area contributed by atoms with Crippen molar-refractivity contribution in [3.05, 3.63) is 27.2 Å². The van der Waals surface area contributed by atoms with Crippen molar-refractivity contribution in [3.63, 3.8) is 0 Å². The van der Waals surface area contributed by atoms with Gasteiger partial charge in [0.1, 0.15) is 5.60 Å². The van der Waals surface area contributed by atoms with Gasteiger partial charge in [0.05, 0.1) is 20.8 Å². The summed E-state index contributed by atoms with van der Waals surface area (Å²) in [6.07, 6.45) is 0. The van der Waals surface area contributed by atoms with Crippen molar-refractivity contribution in [1.29, 1.82) is 0 Å². The van der Waals surface area contributed by atoms with Crippen molar-refractivity contribution in [2.24, 2.45) is 0 Å². The van der Waals surface area contributed by atoms with Crippen LogP contribution in [0, 0.1) is 0 Å². The Morgan fingerprint density at radius 2 is 1.81 bits per heavy atom. The van der Waals surface area contributed by atoms with Crippen molar-refractivity contribution in [1.82, 2.24) is 0 Å². The number of hydrogen-bond acceptors (Lipinski definition) is 2. The minimum Gasteiger partial charge on any atom is -0.381 e. The lowest BCUT2D eigenvalue weighted by Gasteiger charge is -2.17. The highest BCUT2D eigenvalue weighted by Gasteiger charge is 2.24. The molecule has 0 bridgehead atoms. The van der Waals surface area contributed by atoms with E-state index < -0.39 is 11.5 Å². The Kier molecular flexibility index (Phi) is 4.07. The van der Waals surface area contributed by atoms with Crippen LogP contribution in [0.25, 0.3) is 0 Å². The zero-order valence-corrected chi connectivity index (χ0v) is 10.9. The van der Waals surface area contributed by atoms with Gasteiger partial charge in [-0.3, -0.25) is 4.79 Å². The fraction of sp³-hybridized carbons (Fsp3) is 0.300. The van der Waals surface area contributed by atoms with E-state index in [0.717, 1.165) is 0 Å². The third-order valence-electron chi connectivity index (χ3n) is 1.84. The molecule has 0 unspecified atom stereocenters. The van der Waals surface area contributed by atoms with Crippen molar-refractivity contribution in [3.8, 4) is 0 Å². The number of carbonyl (C=O) groups excluding carboxylic acids is 1. The molecule has 3 nitrogen and oxygen atoms in total. The fourth-order valence-electron chi connectivity index (χ4n) is 0.898. The second-order valence-corrected chi connectivity index (χ2v) is 4.90. The van der Waals surface area contributed by atoms with Gasteiger partial charge in [-0.25, -0.2) is 0 Å². The molecular formula is C10H10Cl3NO2. The SMILES string of the molecule is CC(C)(O)C(=O)Nc1ccc(Cl)c(Cl)c1Cl. The van der Waals surface area contributed by atoms with Crippen LogP contribution in [0.15, 0.2) is 12.1 Å². The Balaban J connectivity index is 3.00. The van der Waals surface area contributed by atoms with E-state index in [-0.39, 0.29) is 10.0 Å². The number of benzene rings is 1. The number of anilines is 1. The summed E-state index contributed by atoms with van der Waals surface area (Å²) >= 11 is 17.4. The number of carbonyl (C=O) groups is 1. The van der Waals surface area contributed by atoms with E-state index in [1.165, 1.54) is 26.0 Å². The minimum atomic E-state index is -1.49. The van der Waals surface area contributed by atoms with Gasteiger partial charge < -0.3 is 10.4 Å². The molecule has 1 aromatic rings. The summed E-state index contributed by atoms with van der Waals surface area (Å²) in [6, 6.07) is 3.02. The van der Waals surface area contributed by atoms with Crippen LogP contribution < -0.4 is 5.32 Å². The predicted octanol–water partition coefficient (Wildman–Crippen LogP) is 3.36. The monoisotopic (exact) mass is 281 g/mol. The number of halogens is 3. The van der Waals surface area contributed by atoms with Crippen molar-refractivity contribution in [2.45, 2.75) is 19.4 Å². The van der Waals surface area contributed by atoms with Crippen LogP contribution in [0.4, 0.5) is 5.69 Å². The smallest absolute Gasteiger partial charge is 0.255 e. The molecule has 1 amide bonds. The van der Waals surface area contributed by atoms with E-state index in [9.17, 15) is 9.90 Å². The van der Waals surface area contributed by atoms with Crippen LogP contribution in [0.1, 0.15) is 13.8 Å². The molecule has 0 fully saturated rings. The summed E-state index contributed by atoms with van der Waals surface area (Å²) in [7, 11) is 0. The lowest BCUT2D eigenvalue weighted by molar-refractivity contribution is -0.130. The van der Waals surface area contributed by atoms with E-state index >= 15 is 0 Å². The van der Waals surface area contributed by atoms with Crippen LogP contribution >= 0.6 is 34.8 Å². The number of hydrogen-bond donors (Lipinski definition) is 2. The lowest BCUT2D eigenvalue weighted by Crippen LogP contribution is -2.36. The van der Waals surface area contributed by atoms with Crippen LogP contribution in [-0.4, -0.2) is 16.6 Å². The van der Waals surface area contributed by atoms with Gasteiger partial charge >= 0.3 is 0 Å². The van der Waals surface area contributed by atoms with Gasteiger partial charge in [0, 0.05) is 0 Å². The zero-order chi connectivity index (χ0) is 12.5. The van der Waals surface area contributed by atoms with E-state index in [4.69, 9.17) is 34.8 Å². The largest absolute Gasteiger partial charge is 0.381 e. The number of rotatable bonds is 2. The first-order chi connectivity index (χ1) is 7.23. The average Bonchev–Trinajstić information content (AvgIpc) is 2.17. The van der Waals surface area contributed by atoms with Crippen molar-refractivity contribution >= 4 is 46.4 Å². The highest BCUT2D eigenvalue weighted by atomic mass is 35.5. The van der Waals surface area contributed by atoms with Crippen LogP contribution in [-0.2, 0) is 4.79 Å². The first kappa shape index (κ1) is 13.6. The molecule has 2 N–H and O–H groups in total. The molecule has 0 atom stereocenters. The molecular weight excluding hydrogens is 272 g/mol. The molecule has 16 heavy (non-hydrogen) atoms. The molecule has 0 radical (unpaired) electrons. The number of nitrogens with one attached hydrogen (secondary N) is 1. The first-order valence-corrected chi connectivity index (χ1v) is 5.54. The van der Waals surface area contributed by atoms with Crippen molar-refractivity contribution in [2.75, 3.05) is 5.32 Å². The molecule has 0 aromatic heterocycles. The Morgan fingerprint density at radius 1 is 1.25 bits per heavy atom. The molecule has 0 heterocycles. The molecule has 0 aliphatic rings. The quantitative estimate of drug-likeness (QED) is 0.817. The second-order valence-electron chi connectivity index (χ2n) is 3.74. The molecule has 0 aliphatic heterocycles. The van der Waals surface area contributed by atoms with Gasteiger partial charge in [0.15, 0.2) is 0 Å². The highest BCUT2D eigenvalue weighted by Crippen LogP contribution is 2.35. The Labute approximate surface area is 108 Å². The minimum absolute atomic E-state index is 0.145. The van der Waals surface area contributed by atoms with Crippen LogP contribution in [0.3, 0.4) is 0 Å². The van der Waals surface area contributed by atoms with Gasteiger partial charge in [0.2, 0.25) is 0 Å². The maximum Gasteiger partial charge on any atom is 0.255 e. The standard InChI is InChI=1S/C10H10Cl3NO2/c1-10(2,16)9(15)14-6-4-3-5(11)7(12)8(6)13/h3-4,16H,1-2H3,(H,14,15). The third kappa shape index (κ3) is 3.01. The Hall–Kier alpha value is -0.480. The average molecular weight is 283 g/mol.